The molecule has 30 heavy (non-hydrogen) atoms. The molecule has 0 aromatic carbocycles. The standard InChI is InChI=1S/C22H34O8/c1-7-9-11-17(23)27-19(15-13-25-21(3,4)29-15)20(28-18(24)12-10-8-2)16-14-26-22(5,6)30-16/h7-8,15-16,19-20H,1-2,9-14H2,3-6H3. The van der Waals surface area contributed by atoms with Crippen LogP contribution in [0, 0.1) is 0 Å². The highest BCUT2D eigenvalue weighted by molar-refractivity contribution is 5.71. The van der Waals surface area contributed by atoms with E-state index in [0.29, 0.717) is 12.8 Å². The van der Waals surface area contributed by atoms with Crippen molar-refractivity contribution in [1.82, 2.24) is 0 Å². The van der Waals surface area contributed by atoms with Crippen LogP contribution >= 0.6 is 0 Å². The fourth-order valence-corrected chi connectivity index (χ4v) is 3.32. The van der Waals surface area contributed by atoms with Crippen molar-refractivity contribution in [2.45, 2.75) is 89.4 Å². The molecule has 0 bridgehead atoms. The van der Waals surface area contributed by atoms with Gasteiger partial charge < -0.3 is 28.4 Å². The second-order valence-electron chi connectivity index (χ2n) is 8.30. The van der Waals surface area contributed by atoms with Gasteiger partial charge >= 0.3 is 11.9 Å². The topological polar surface area (TPSA) is 89.5 Å². The largest absolute Gasteiger partial charge is 0.455 e. The zero-order chi connectivity index (χ0) is 22.4. The second kappa shape index (κ2) is 10.5. The van der Waals surface area contributed by atoms with Gasteiger partial charge in [-0.15, -0.1) is 13.2 Å². The van der Waals surface area contributed by atoms with E-state index in [-0.39, 0.29) is 26.1 Å². The number of allylic oxidation sites excluding steroid dienone is 2. The van der Waals surface area contributed by atoms with Crippen molar-refractivity contribution >= 4 is 11.9 Å². The molecule has 0 aromatic heterocycles. The van der Waals surface area contributed by atoms with Crippen LogP contribution in [0.15, 0.2) is 25.3 Å². The highest BCUT2D eigenvalue weighted by Crippen LogP contribution is 2.33. The Morgan fingerprint density at radius 2 is 1.23 bits per heavy atom. The van der Waals surface area contributed by atoms with Gasteiger partial charge in [-0.1, -0.05) is 12.2 Å². The van der Waals surface area contributed by atoms with E-state index in [1.807, 2.05) is 0 Å². The van der Waals surface area contributed by atoms with Crippen molar-refractivity contribution in [1.29, 1.82) is 0 Å². The summed E-state index contributed by atoms with van der Waals surface area (Å²) in [4.78, 5) is 24.9. The Labute approximate surface area is 178 Å². The fourth-order valence-electron chi connectivity index (χ4n) is 3.32. The van der Waals surface area contributed by atoms with E-state index in [9.17, 15) is 9.59 Å². The molecule has 0 spiro atoms. The third kappa shape index (κ3) is 7.19. The normalized spacial score (nSPS) is 26.5. The first-order valence-electron chi connectivity index (χ1n) is 10.3. The van der Waals surface area contributed by atoms with Crippen LogP contribution in [0.5, 0.6) is 0 Å². The quantitative estimate of drug-likeness (QED) is 0.368. The van der Waals surface area contributed by atoms with Crippen LogP contribution < -0.4 is 0 Å². The highest BCUT2D eigenvalue weighted by Gasteiger charge is 2.50. The molecule has 4 unspecified atom stereocenters. The number of hydrogen-bond acceptors (Lipinski definition) is 8. The first kappa shape index (κ1) is 24.5. The fraction of sp³-hybridized carbons (Fsp3) is 0.727. The lowest BCUT2D eigenvalue weighted by Gasteiger charge is -2.33. The van der Waals surface area contributed by atoms with Crippen LogP contribution in [0.1, 0.15) is 53.4 Å². The maximum Gasteiger partial charge on any atom is 0.306 e. The van der Waals surface area contributed by atoms with Crippen LogP contribution in [0.25, 0.3) is 0 Å². The molecule has 0 N–H and O–H groups in total. The molecule has 2 aliphatic rings. The van der Waals surface area contributed by atoms with Crippen molar-refractivity contribution in [2.75, 3.05) is 13.2 Å². The summed E-state index contributed by atoms with van der Waals surface area (Å²) < 4.78 is 34.7. The Bertz CT molecular complexity index is 573. The van der Waals surface area contributed by atoms with E-state index >= 15 is 0 Å². The average Bonchev–Trinajstić information content (AvgIpc) is 3.22. The summed E-state index contributed by atoms with van der Waals surface area (Å²) >= 11 is 0. The van der Waals surface area contributed by atoms with E-state index in [4.69, 9.17) is 28.4 Å². The third-order valence-electron chi connectivity index (χ3n) is 4.76. The van der Waals surface area contributed by atoms with E-state index in [2.05, 4.69) is 13.2 Å². The lowest BCUT2D eigenvalue weighted by molar-refractivity contribution is -0.209. The molecule has 0 saturated carbocycles. The molecular weight excluding hydrogens is 392 g/mol. The molecular formula is C22H34O8. The average molecular weight is 427 g/mol. The number of hydrogen-bond donors (Lipinski definition) is 0. The van der Waals surface area contributed by atoms with Gasteiger partial charge in [0, 0.05) is 12.8 Å². The monoisotopic (exact) mass is 426 g/mol. The lowest BCUT2D eigenvalue weighted by atomic mass is 10.0. The van der Waals surface area contributed by atoms with E-state index in [1.54, 1.807) is 39.8 Å². The van der Waals surface area contributed by atoms with Gasteiger partial charge in [-0.2, -0.15) is 0 Å². The highest BCUT2D eigenvalue weighted by atomic mass is 16.8. The van der Waals surface area contributed by atoms with Crippen LogP contribution in [-0.4, -0.2) is 61.1 Å². The third-order valence-corrected chi connectivity index (χ3v) is 4.76. The van der Waals surface area contributed by atoms with Crippen molar-refractivity contribution in [3.05, 3.63) is 25.3 Å². The second-order valence-corrected chi connectivity index (χ2v) is 8.30. The summed E-state index contributed by atoms with van der Waals surface area (Å²) in [5.74, 6) is -2.59. The van der Waals surface area contributed by atoms with Gasteiger partial charge in [0.2, 0.25) is 0 Å². The van der Waals surface area contributed by atoms with E-state index in [0.717, 1.165) is 0 Å². The van der Waals surface area contributed by atoms with Crippen LogP contribution in [-0.2, 0) is 38.0 Å². The van der Waals surface area contributed by atoms with Crippen LogP contribution in [0.2, 0.25) is 0 Å². The summed E-state index contributed by atoms with van der Waals surface area (Å²) in [6.07, 6.45) is 1.43. The van der Waals surface area contributed by atoms with Gasteiger partial charge in [-0.3, -0.25) is 9.59 Å². The van der Waals surface area contributed by atoms with Gasteiger partial charge in [-0.25, -0.2) is 0 Å². The molecule has 0 amide bonds. The first-order valence-corrected chi connectivity index (χ1v) is 10.3. The maximum atomic E-state index is 12.4. The Morgan fingerprint density at radius 3 is 1.50 bits per heavy atom. The van der Waals surface area contributed by atoms with Gasteiger partial charge in [0.25, 0.3) is 0 Å². The van der Waals surface area contributed by atoms with E-state index in [1.165, 1.54) is 0 Å². The Hall–Kier alpha value is -1.74. The molecule has 8 heteroatoms. The van der Waals surface area contributed by atoms with Gasteiger partial charge in [0.15, 0.2) is 23.8 Å². The van der Waals surface area contributed by atoms with Crippen molar-refractivity contribution in [2.24, 2.45) is 0 Å². The van der Waals surface area contributed by atoms with Gasteiger partial charge in [-0.05, 0) is 40.5 Å². The van der Waals surface area contributed by atoms with Crippen molar-refractivity contribution in [3.63, 3.8) is 0 Å². The minimum absolute atomic E-state index is 0.154. The smallest absolute Gasteiger partial charge is 0.306 e. The number of carbonyl (C=O) groups is 2. The minimum Gasteiger partial charge on any atom is -0.455 e. The van der Waals surface area contributed by atoms with Crippen LogP contribution in [0.4, 0.5) is 0 Å². The Kier molecular flexibility index (Phi) is 8.61. The number of carbonyl (C=O) groups excluding carboxylic acids is 2. The molecule has 2 heterocycles. The maximum absolute atomic E-state index is 12.4. The van der Waals surface area contributed by atoms with Crippen molar-refractivity contribution in [3.8, 4) is 0 Å². The molecule has 2 saturated heterocycles. The molecule has 2 fully saturated rings. The SMILES string of the molecule is C=CCCC(=O)OC(C1COC(C)(C)O1)C(OC(=O)CCC=C)C1COC(C)(C)O1. The first-order chi connectivity index (χ1) is 14.1. The lowest BCUT2D eigenvalue weighted by Crippen LogP contribution is -2.51. The van der Waals surface area contributed by atoms with E-state index < -0.39 is 47.9 Å². The molecule has 8 nitrogen and oxygen atoms in total. The molecule has 0 aromatic rings. The zero-order valence-electron chi connectivity index (χ0n) is 18.4. The predicted molar refractivity (Wildman–Crippen MR) is 108 cm³/mol. The Balaban J connectivity index is 2.26. The summed E-state index contributed by atoms with van der Waals surface area (Å²) in [5, 5.41) is 0. The van der Waals surface area contributed by atoms with Crippen molar-refractivity contribution < 1.29 is 38.0 Å². The summed E-state index contributed by atoms with van der Waals surface area (Å²) in [5.41, 5.74) is 0. The van der Waals surface area contributed by atoms with Crippen LogP contribution in [0.3, 0.4) is 0 Å². The molecule has 0 aliphatic carbocycles. The number of esters is 2. The summed E-state index contributed by atoms with van der Waals surface area (Å²) in [7, 11) is 0. The van der Waals surface area contributed by atoms with Gasteiger partial charge in [0.05, 0.1) is 13.2 Å². The number of ether oxygens (including phenoxy) is 6. The number of rotatable bonds is 11. The molecule has 0 radical (unpaired) electrons. The minimum atomic E-state index is -0.917. The molecule has 2 aliphatic heterocycles. The summed E-state index contributed by atoms with van der Waals surface area (Å²) in [6, 6.07) is 0. The van der Waals surface area contributed by atoms with Gasteiger partial charge in [0.1, 0.15) is 12.2 Å². The molecule has 4 atom stereocenters. The molecule has 2 rings (SSSR count). The predicted octanol–water partition coefficient (Wildman–Crippen LogP) is 3.05. The Morgan fingerprint density at radius 1 is 0.867 bits per heavy atom. The zero-order valence-corrected chi connectivity index (χ0v) is 18.4. The summed E-state index contributed by atoms with van der Waals surface area (Å²) in [6.45, 7) is 14.7. The molecule has 170 valence electrons.